The molecule has 0 atom stereocenters. The Morgan fingerprint density at radius 1 is 1.54 bits per heavy atom. The van der Waals surface area contributed by atoms with Gasteiger partial charge in [-0.05, 0) is 19.4 Å². The number of thioether (sulfide) groups is 1. The zero-order valence-corrected chi connectivity index (χ0v) is 9.40. The third-order valence-electron chi connectivity index (χ3n) is 1.61. The molecule has 1 heterocycles. The molecule has 0 unspecified atom stereocenters. The predicted molar refractivity (Wildman–Crippen MR) is 59.5 cm³/mol. The van der Waals surface area contributed by atoms with E-state index in [4.69, 9.17) is 5.73 Å². The second-order valence-corrected chi connectivity index (χ2v) is 3.73. The lowest BCUT2D eigenvalue weighted by atomic mass is 10.3. The first kappa shape index (κ1) is 12.8. The molecule has 3 nitrogen and oxygen atoms in total. The highest BCUT2D eigenvalue weighted by Crippen LogP contribution is 2.15. The minimum atomic E-state index is 0. The second-order valence-electron chi connectivity index (χ2n) is 2.66. The van der Waals surface area contributed by atoms with Crippen LogP contribution in [0.5, 0.6) is 0 Å². The van der Waals surface area contributed by atoms with Gasteiger partial charge in [-0.3, -0.25) is 0 Å². The number of imidazole rings is 1. The molecule has 1 aromatic rings. The van der Waals surface area contributed by atoms with Crippen LogP contribution in [0.1, 0.15) is 12.8 Å². The number of hydrogen-bond acceptors (Lipinski definition) is 3. The van der Waals surface area contributed by atoms with E-state index in [-0.39, 0.29) is 12.4 Å². The second kappa shape index (κ2) is 7.24. The lowest BCUT2D eigenvalue weighted by Crippen LogP contribution is -1.99. The third kappa shape index (κ3) is 4.55. The fourth-order valence-corrected chi connectivity index (χ4v) is 1.83. The highest BCUT2D eigenvalue weighted by atomic mass is 35.5. The van der Waals surface area contributed by atoms with Crippen molar-refractivity contribution in [2.45, 2.75) is 18.0 Å². The smallest absolute Gasteiger partial charge is 0.167 e. The van der Waals surface area contributed by atoms with Crippen molar-refractivity contribution in [2.24, 2.45) is 12.8 Å². The first-order chi connectivity index (χ1) is 5.84. The number of aromatic nitrogens is 2. The molecule has 0 saturated carbocycles. The molecule has 0 radical (unpaired) electrons. The Bertz CT molecular complexity index is 227. The summed E-state index contributed by atoms with van der Waals surface area (Å²) in [5.74, 6) is 1.11. The average molecular weight is 222 g/mol. The van der Waals surface area contributed by atoms with E-state index in [1.807, 2.05) is 24.0 Å². The van der Waals surface area contributed by atoms with Crippen molar-refractivity contribution in [3.63, 3.8) is 0 Å². The zero-order chi connectivity index (χ0) is 8.81. The summed E-state index contributed by atoms with van der Waals surface area (Å²) < 4.78 is 2.03. The van der Waals surface area contributed by atoms with Gasteiger partial charge in [0.25, 0.3) is 0 Å². The van der Waals surface area contributed by atoms with Crippen molar-refractivity contribution in [1.29, 1.82) is 0 Å². The molecule has 1 aromatic heterocycles. The van der Waals surface area contributed by atoms with Crippen LogP contribution in [0.25, 0.3) is 0 Å². The topological polar surface area (TPSA) is 43.8 Å². The summed E-state index contributed by atoms with van der Waals surface area (Å²) in [6.45, 7) is 0.793. The van der Waals surface area contributed by atoms with Gasteiger partial charge in [-0.15, -0.1) is 12.4 Å². The third-order valence-corrected chi connectivity index (χ3v) is 2.75. The standard InChI is InChI=1S/C8H15N3S.ClH/c1-11-6-5-10-8(11)12-7-3-2-4-9;/h5-6H,2-4,7,9H2,1H3;1H. The van der Waals surface area contributed by atoms with Gasteiger partial charge in [0.15, 0.2) is 5.16 Å². The summed E-state index contributed by atoms with van der Waals surface area (Å²) in [6.07, 6.45) is 6.07. The number of hydrogen-bond donors (Lipinski definition) is 1. The Morgan fingerprint density at radius 2 is 2.31 bits per heavy atom. The Balaban J connectivity index is 0.00000144. The van der Waals surface area contributed by atoms with Crippen molar-refractivity contribution >= 4 is 24.2 Å². The molecule has 0 amide bonds. The van der Waals surface area contributed by atoms with Gasteiger partial charge in [0, 0.05) is 25.2 Å². The van der Waals surface area contributed by atoms with Gasteiger partial charge < -0.3 is 10.3 Å². The van der Waals surface area contributed by atoms with E-state index in [2.05, 4.69) is 4.98 Å². The van der Waals surface area contributed by atoms with E-state index in [1.165, 1.54) is 6.42 Å². The quantitative estimate of drug-likeness (QED) is 0.608. The predicted octanol–water partition coefficient (Wildman–Crippen LogP) is 1.67. The fourth-order valence-electron chi connectivity index (χ4n) is 0.901. The highest BCUT2D eigenvalue weighted by Gasteiger charge is 1.97. The minimum Gasteiger partial charge on any atom is -0.330 e. The molecule has 0 aliphatic carbocycles. The van der Waals surface area contributed by atoms with Crippen LogP contribution in [0.15, 0.2) is 17.6 Å². The average Bonchev–Trinajstić information content (AvgIpc) is 2.46. The van der Waals surface area contributed by atoms with Crippen molar-refractivity contribution in [2.75, 3.05) is 12.3 Å². The molecule has 0 aliphatic heterocycles. The van der Waals surface area contributed by atoms with Crippen LogP contribution < -0.4 is 5.73 Å². The molecule has 0 spiro atoms. The van der Waals surface area contributed by atoms with Crippen LogP contribution in [0.3, 0.4) is 0 Å². The van der Waals surface area contributed by atoms with Crippen LogP contribution >= 0.6 is 24.2 Å². The maximum atomic E-state index is 5.39. The lowest BCUT2D eigenvalue weighted by Gasteiger charge is -1.99. The Hall–Kier alpha value is -0.190. The Kier molecular flexibility index (Phi) is 7.13. The molecule has 0 aliphatic rings. The first-order valence-electron chi connectivity index (χ1n) is 4.15. The first-order valence-corrected chi connectivity index (χ1v) is 5.13. The van der Waals surface area contributed by atoms with E-state index < -0.39 is 0 Å². The van der Waals surface area contributed by atoms with E-state index >= 15 is 0 Å². The van der Waals surface area contributed by atoms with Crippen molar-refractivity contribution in [3.8, 4) is 0 Å². The summed E-state index contributed by atoms with van der Waals surface area (Å²) in [4.78, 5) is 4.21. The van der Waals surface area contributed by atoms with Crippen LogP contribution in [-0.4, -0.2) is 21.8 Å². The largest absolute Gasteiger partial charge is 0.330 e. The van der Waals surface area contributed by atoms with Gasteiger partial charge in [0.1, 0.15) is 0 Å². The van der Waals surface area contributed by atoms with E-state index in [0.29, 0.717) is 0 Å². The number of aryl methyl sites for hydroxylation is 1. The van der Waals surface area contributed by atoms with Crippen molar-refractivity contribution < 1.29 is 0 Å². The molecule has 0 aromatic carbocycles. The van der Waals surface area contributed by atoms with Gasteiger partial charge in [-0.25, -0.2) is 4.98 Å². The highest BCUT2D eigenvalue weighted by molar-refractivity contribution is 7.99. The molecule has 13 heavy (non-hydrogen) atoms. The number of nitrogens with zero attached hydrogens (tertiary/aromatic N) is 2. The molecular weight excluding hydrogens is 206 g/mol. The molecular formula is C8H16ClN3S. The molecule has 2 N–H and O–H groups in total. The van der Waals surface area contributed by atoms with Crippen LogP contribution in [0, 0.1) is 0 Å². The normalized spacial score (nSPS) is 9.69. The van der Waals surface area contributed by atoms with Crippen LogP contribution in [0.2, 0.25) is 0 Å². The van der Waals surface area contributed by atoms with Gasteiger partial charge in [-0.2, -0.15) is 0 Å². The maximum absolute atomic E-state index is 5.39. The summed E-state index contributed by atoms with van der Waals surface area (Å²) in [5.41, 5.74) is 5.39. The Labute approximate surface area is 89.5 Å². The number of halogens is 1. The monoisotopic (exact) mass is 221 g/mol. The SMILES string of the molecule is Cl.Cn1ccnc1SCCCCN. The van der Waals surface area contributed by atoms with E-state index in [9.17, 15) is 0 Å². The molecule has 0 bridgehead atoms. The summed E-state index contributed by atoms with van der Waals surface area (Å²) in [5, 5.41) is 1.09. The van der Waals surface area contributed by atoms with Crippen molar-refractivity contribution in [3.05, 3.63) is 12.4 Å². The summed E-state index contributed by atoms with van der Waals surface area (Å²) in [6, 6.07) is 0. The summed E-state index contributed by atoms with van der Waals surface area (Å²) >= 11 is 1.79. The molecule has 76 valence electrons. The molecule has 5 heteroatoms. The zero-order valence-electron chi connectivity index (χ0n) is 7.77. The fraction of sp³-hybridized carbons (Fsp3) is 0.625. The number of nitrogens with two attached hydrogens (primary N) is 1. The van der Waals surface area contributed by atoms with E-state index in [1.54, 1.807) is 11.8 Å². The number of unbranched alkanes of at least 4 members (excludes halogenated alkanes) is 1. The number of rotatable bonds is 5. The Morgan fingerprint density at radius 3 is 2.85 bits per heavy atom. The van der Waals surface area contributed by atoms with Crippen molar-refractivity contribution in [1.82, 2.24) is 9.55 Å². The van der Waals surface area contributed by atoms with Gasteiger partial charge in [-0.1, -0.05) is 11.8 Å². The van der Waals surface area contributed by atoms with Crippen LogP contribution in [0.4, 0.5) is 0 Å². The maximum Gasteiger partial charge on any atom is 0.167 e. The van der Waals surface area contributed by atoms with Crippen LogP contribution in [-0.2, 0) is 7.05 Å². The van der Waals surface area contributed by atoms with Gasteiger partial charge in [0.05, 0.1) is 0 Å². The molecule has 0 fully saturated rings. The minimum absolute atomic E-state index is 0. The molecule has 1 rings (SSSR count). The van der Waals surface area contributed by atoms with Gasteiger partial charge >= 0.3 is 0 Å². The molecule has 0 saturated heterocycles. The summed E-state index contributed by atoms with van der Waals surface area (Å²) in [7, 11) is 2.01. The van der Waals surface area contributed by atoms with E-state index in [0.717, 1.165) is 23.9 Å². The van der Waals surface area contributed by atoms with Gasteiger partial charge in [0.2, 0.25) is 0 Å². The lowest BCUT2D eigenvalue weighted by molar-refractivity contribution is 0.780.